The number of hydrogen-bond donors (Lipinski definition) is 1. The smallest absolute Gasteiger partial charge is 0.257 e. The van der Waals surface area contributed by atoms with E-state index in [4.69, 9.17) is 5.73 Å². The van der Waals surface area contributed by atoms with Gasteiger partial charge in [-0.3, -0.25) is 4.79 Å². The minimum Gasteiger partial charge on any atom is -0.338 e. The number of carbonyl (C=O) groups excluding carboxylic acids is 1. The van der Waals surface area contributed by atoms with Gasteiger partial charge in [0.25, 0.3) is 5.91 Å². The molecule has 3 rings (SSSR count). The number of hydrogen-bond acceptors (Lipinski definition) is 3. The summed E-state index contributed by atoms with van der Waals surface area (Å²) in [4.78, 5) is 14.2. The number of amides is 1. The van der Waals surface area contributed by atoms with Crippen molar-refractivity contribution in [1.29, 1.82) is 0 Å². The molecular formula is C15H19ClN4O. The quantitative estimate of drug-likeness (QED) is 0.939. The Kier molecular flexibility index (Phi) is 4.98. The van der Waals surface area contributed by atoms with E-state index in [0.29, 0.717) is 18.0 Å². The van der Waals surface area contributed by atoms with Crippen molar-refractivity contribution >= 4 is 18.3 Å². The van der Waals surface area contributed by atoms with Crippen LogP contribution in [0, 0.1) is 5.92 Å². The predicted octanol–water partition coefficient (Wildman–Crippen LogP) is 1.71. The third kappa shape index (κ3) is 3.25. The fraction of sp³-hybridized carbons (Fsp3) is 0.333. The van der Waals surface area contributed by atoms with Crippen molar-refractivity contribution in [2.45, 2.75) is 6.42 Å². The molecule has 0 bridgehead atoms. The number of aromatic nitrogens is 2. The highest BCUT2D eigenvalue weighted by Crippen LogP contribution is 2.18. The average Bonchev–Trinajstić information content (AvgIpc) is 3.17. The molecule has 112 valence electrons. The molecule has 6 heteroatoms. The van der Waals surface area contributed by atoms with E-state index in [9.17, 15) is 4.79 Å². The molecule has 2 heterocycles. The zero-order chi connectivity index (χ0) is 13.9. The lowest BCUT2D eigenvalue weighted by Gasteiger charge is -2.14. The standard InChI is InChI=1S/C15H18N4O.ClH/c16-8-12-6-7-18(10-12)15(20)13-9-17-19(11-13)14-4-2-1-3-5-14;/h1-5,9,11-12H,6-8,10,16H2;1H. The normalized spacial score (nSPS) is 17.6. The van der Waals surface area contributed by atoms with Gasteiger partial charge in [0.2, 0.25) is 0 Å². The van der Waals surface area contributed by atoms with Gasteiger partial charge < -0.3 is 10.6 Å². The van der Waals surface area contributed by atoms with Gasteiger partial charge in [-0.05, 0) is 31.0 Å². The maximum Gasteiger partial charge on any atom is 0.257 e. The second-order valence-electron chi connectivity index (χ2n) is 5.15. The van der Waals surface area contributed by atoms with E-state index in [0.717, 1.165) is 25.2 Å². The summed E-state index contributed by atoms with van der Waals surface area (Å²) < 4.78 is 1.73. The van der Waals surface area contributed by atoms with Gasteiger partial charge in [0, 0.05) is 19.3 Å². The van der Waals surface area contributed by atoms with Gasteiger partial charge >= 0.3 is 0 Å². The predicted molar refractivity (Wildman–Crippen MR) is 83.9 cm³/mol. The number of para-hydroxylation sites is 1. The van der Waals surface area contributed by atoms with E-state index < -0.39 is 0 Å². The Balaban J connectivity index is 0.00000161. The van der Waals surface area contributed by atoms with Gasteiger partial charge in [-0.15, -0.1) is 12.4 Å². The molecule has 1 aliphatic rings. The zero-order valence-corrected chi connectivity index (χ0v) is 12.5. The molecule has 0 spiro atoms. The van der Waals surface area contributed by atoms with Gasteiger partial charge in [0.1, 0.15) is 0 Å². The number of likely N-dealkylation sites (tertiary alicyclic amines) is 1. The molecule has 1 unspecified atom stereocenters. The highest BCUT2D eigenvalue weighted by atomic mass is 35.5. The molecule has 5 nitrogen and oxygen atoms in total. The fourth-order valence-electron chi connectivity index (χ4n) is 2.55. The van der Waals surface area contributed by atoms with Gasteiger partial charge in [-0.1, -0.05) is 18.2 Å². The fourth-order valence-corrected chi connectivity index (χ4v) is 2.55. The first-order valence-corrected chi connectivity index (χ1v) is 6.87. The van der Waals surface area contributed by atoms with E-state index in [1.807, 2.05) is 35.2 Å². The Morgan fingerprint density at radius 3 is 2.76 bits per heavy atom. The Morgan fingerprint density at radius 2 is 2.10 bits per heavy atom. The maximum absolute atomic E-state index is 12.4. The minimum atomic E-state index is 0. The SMILES string of the molecule is Cl.NCC1CCN(C(=O)c2cnn(-c3ccccc3)c2)C1. The molecular weight excluding hydrogens is 288 g/mol. The zero-order valence-electron chi connectivity index (χ0n) is 11.7. The molecule has 1 amide bonds. The van der Waals surface area contributed by atoms with Crippen LogP contribution >= 0.6 is 12.4 Å². The summed E-state index contributed by atoms with van der Waals surface area (Å²) in [5.74, 6) is 0.478. The lowest BCUT2D eigenvalue weighted by molar-refractivity contribution is 0.0787. The van der Waals surface area contributed by atoms with E-state index in [1.165, 1.54) is 0 Å². The molecule has 1 aliphatic heterocycles. The van der Waals surface area contributed by atoms with Gasteiger partial charge in [0.15, 0.2) is 0 Å². The van der Waals surface area contributed by atoms with Crippen molar-refractivity contribution in [3.8, 4) is 5.69 Å². The van der Waals surface area contributed by atoms with Gasteiger partial charge in [-0.25, -0.2) is 4.68 Å². The molecule has 0 saturated carbocycles. The Hall–Kier alpha value is -1.85. The molecule has 1 aromatic heterocycles. The van der Waals surface area contributed by atoms with Crippen LogP contribution < -0.4 is 5.73 Å². The van der Waals surface area contributed by atoms with Crippen LogP contribution in [0.4, 0.5) is 0 Å². The Morgan fingerprint density at radius 1 is 1.33 bits per heavy atom. The number of benzene rings is 1. The lowest BCUT2D eigenvalue weighted by atomic mass is 10.1. The van der Waals surface area contributed by atoms with Crippen LogP contribution in [0.15, 0.2) is 42.7 Å². The molecule has 2 aromatic rings. The monoisotopic (exact) mass is 306 g/mol. The van der Waals surface area contributed by atoms with Crippen molar-refractivity contribution in [2.75, 3.05) is 19.6 Å². The second-order valence-corrected chi connectivity index (χ2v) is 5.15. The largest absolute Gasteiger partial charge is 0.338 e. The molecule has 1 fully saturated rings. The number of nitrogens with two attached hydrogens (primary N) is 1. The van der Waals surface area contributed by atoms with Crippen LogP contribution in [-0.2, 0) is 0 Å². The summed E-state index contributed by atoms with van der Waals surface area (Å²) in [7, 11) is 0. The summed E-state index contributed by atoms with van der Waals surface area (Å²) in [6.07, 6.45) is 4.41. The molecule has 2 N–H and O–H groups in total. The van der Waals surface area contributed by atoms with Crippen molar-refractivity contribution in [3.63, 3.8) is 0 Å². The number of rotatable bonds is 3. The minimum absolute atomic E-state index is 0. The Labute approximate surface area is 130 Å². The van der Waals surface area contributed by atoms with Crippen LogP contribution in [0.1, 0.15) is 16.8 Å². The number of nitrogens with zero attached hydrogens (tertiary/aromatic N) is 3. The van der Waals surface area contributed by atoms with Crippen LogP contribution in [0.2, 0.25) is 0 Å². The van der Waals surface area contributed by atoms with Crippen LogP contribution in [0.25, 0.3) is 5.69 Å². The van der Waals surface area contributed by atoms with Gasteiger partial charge in [0.05, 0.1) is 17.4 Å². The highest BCUT2D eigenvalue weighted by Gasteiger charge is 2.26. The topological polar surface area (TPSA) is 64.2 Å². The first-order chi connectivity index (χ1) is 9.78. The van der Waals surface area contributed by atoms with Crippen molar-refractivity contribution in [3.05, 3.63) is 48.3 Å². The third-order valence-corrected chi connectivity index (χ3v) is 3.76. The first-order valence-electron chi connectivity index (χ1n) is 6.87. The van der Waals surface area contributed by atoms with Crippen molar-refractivity contribution < 1.29 is 4.79 Å². The summed E-state index contributed by atoms with van der Waals surface area (Å²) in [5, 5.41) is 4.26. The average molecular weight is 307 g/mol. The van der Waals surface area contributed by atoms with Crippen LogP contribution in [-0.4, -0.2) is 40.2 Å². The van der Waals surface area contributed by atoms with Crippen LogP contribution in [0.3, 0.4) is 0 Å². The van der Waals surface area contributed by atoms with E-state index >= 15 is 0 Å². The summed E-state index contributed by atoms with van der Waals surface area (Å²) in [5.41, 5.74) is 7.24. The summed E-state index contributed by atoms with van der Waals surface area (Å²) in [6, 6.07) is 9.77. The molecule has 21 heavy (non-hydrogen) atoms. The third-order valence-electron chi connectivity index (χ3n) is 3.76. The van der Waals surface area contributed by atoms with E-state index in [2.05, 4.69) is 5.10 Å². The van der Waals surface area contributed by atoms with Crippen LogP contribution in [0.5, 0.6) is 0 Å². The number of carbonyl (C=O) groups is 1. The molecule has 1 aromatic carbocycles. The van der Waals surface area contributed by atoms with E-state index in [1.54, 1.807) is 17.1 Å². The Bertz CT molecular complexity index is 599. The number of halogens is 1. The molecule has 0 radical (unpaired) electrons. The lowest BCUT2D eigenvalue weighted by Crippen LogP contribution is -2.29. The van der Waals surface area contributed by atoms with Gasteiger partial charge in [-0.2, -0.15) is 5.10 Å². The molecule has 1 saturated heterocycles. The molecule has 1 atom stereocenters. The maximum atomic E-state index is 12.4. The molecule has 0 aliphatic carbocycles. The second kappa shape index (κ2) is 6.74. The summed E-state index contributed by atoms with van der Waals surface area (Å²) in [6.45, 7) is 2.19. The van der Waals surface area contributed by atoms with E-state index in [-0.39, 0.29) is 18.3 Å². The summed E-state index contributed by atoms with van der Waals surface area (Å²) >= 11 is 0. The van der Waals surface area contributed by atoms with Crippen molar-refractivity contribution in [1.82, 2.24) is 14.7 Å². The first kappa shape index (κ1) is 15.5. The highest BCUT2D eigenvalue weighted by molar-refractivity contribution is 5.94. The van der Waals surface area contributed by atoms with Crippen molar-refractivity contribution in [2.24, 2.45) is 11.7 Å².